The summed E-state index contributed by atoms with van der Waals surface area (Å²) in [5.41, 5.74) is 0.946. The van der Waals surface area contributed by atoms with Gasteiger partial charge < -0.3 is 20.1 Å². The molecule has 5 rings (SSSR count). The third-order valence-corrected chi connectivity index (χ3v) is 9.41. The number of rotatable bonds is 2. The molecule has 0 bridgehead atoms. The molecule has 5 nitrogen and oxygen atoms in total. The van der Waals surface area contributed by atoms with E-state index in [2.05, 4.69) is 13.0 Å². The average Bonchev–Trinajstić information content (AvgIpc) is 3.22. The lowest BCUT2D eigenvalue weighted by atomic mass is 9.45. The zero-order valence-corrected chi connectivity index (χ0v) is 16.7. The summed E-state index contributed by atoms with van der Waals surface area (Å²) in [5.74, 6) is 0.319. The van der Waals surface area contributed by atoms with Gasteiger partial charge in [0.1, 0.15) is 6.61 Å². The molecular weight excluding hydrogens is 356 g/mol. The second kappa shape index (κ2) is 6.16. The lowest BCUT2D eigenvalue weighted by Gasteiger charge is -2.61. The molecule has 0 spiro atoms. The highest BCUT2D eigenvalue weighted by Crippen LogP contribution is 2.68. The summed E-state index contributed by atoms with van der Waals surface area (Å²) in [7, 11) is 0. The van der Waals surface area contributed by atoms with E-state index in [9.17, 15) is 20.1 Å². The largest absolute Gasteiger partial charge is 0.458 e. The fourth-order valence-corrected chi connectivity index (χ4v) is 7.89. The van der Waals surface area contributed by atoms with Crippen molar-refractivity contribution < 1.29 is 24.9 Å². The number of aliphatic hydroxyl groups is 3. The quantitative estimate of drug-likeness (QED) is 0.500. The topological polar surface area (TPSA) is 87.0 Å². The number of allylic oxidation sites excluding steroid dienone is 1. The number of carbonyl (C=O) groups is 1. The average molecular weight is 389 g/mol. The summed E-state index contributed by atoms with van der Waals surface area (Å²) in [6.45, 7) is 2.68. The Morgan fingerprint density at radius 2 is 2.00 bits per heavy atom. The molecule has 0 amide bonds. The number of hydrogen-bond acceptors (Lipinski definition) is 5. The minimum atomic E-state index is -0.784. The maximum Gasteiger partial charge on any atom is 0.331 e. The Morgan fingerprint density at radius 1 is 1.18 bits per heavy atom. The van der Waals surface area contributed by atoms with Crippen LogP contribution in [-0.2, 0) is 9.53 Å². The van der Waals surface area contributed by atoms with Crippen molar-refractivity contribution in [1.29, 1.82) is 0 Å². The van der Waals surface area contributed by atoms with Crippen molar-refractivity contribution in [2.24, 2.45) is 28.6 Å². The minimum Gasteiger partial charge on any atom is -0.458 e. The predicted octanol–water partition coefficient (Wildman–Crippen LogP) is 2.50. The number of hydrogen-bond donors (Lipinski definition) is 3. The highest BCUT2D eigenvalue weighted by molar-refractivity contribution is 5.85. The number of esters is 1. The minimum absolute atomic E-state index is 0.108. The molecule has 0 aromatic carbocycles. The van der Waals surface area contributed by atoms with E-state index in [1.54, 1.807) is 6.08 Å². The van der Waals surface area contributed by atoms with Gasteiger partial charge in [0, 0.05) is 16.9 Å². The van der Waals surface area contributed by atoms with Gasteiger partial charge in [-0.3, -0.25) is 0 Å². The van der Waals surface area contributed by atoms with E-state index in [1.165, 1.54) is 5.57 Å². The fourth-order valence-electron chi connectivity index (χ4n) is 7.89. The third kappa shape index (κ3) is 2.27. The molecule has 28 heavy (non-hydrogen) atoms. The van der Waals surface area contributed by atoms with E-state index in [4.69, 9.17) is 4.74 Å². The molecule has 3 saturated carbocycles. The number of cyclic esters (lactones) is 1. The molecule has 154 valence electrons. The van der Waals surface area contributed by atoms with Crippen LogP contribution in [0.15, 0.2) is 23.3 Å². The number of carbonyl (C=O) groups excluding carboxylic acids is 1. The first kappa shape index (κ1) is 18.8. The number of ether oxygens (including phenoxy) is 1. The van der Waals surface area contributed by atoms with Crippen LogP contribution in [0, 0.1) is 28.6 Å². The fraction of sp³-hybridized carbons (Fsp3) is 0.783. The number of fused-ring (bicyclic) bond motifs is 5. The predicted molar refractivity (Wildman–Crippen MR) is 103 cm³/mol. The molecule has 3 N–H and O–H groups in total. The maximum absolute atomic E-state index is 12.1. The highest BCUT2D eigenvalue weighted by atomic mass is 16.5. The van der Waals surface area contributed by atoms with Crippen molar-refractivity contribution in [1.82, 2.24) is 0 Å². The van der Waals surface area contributed by atoms with E-state index in [1.807, 2.05) is 0 Å². The second-order valence-corrected chi connectivity index (χ2v) is 10.2. The van der Waals surface area contributed by atoms with Crippen molar-refractivity contribution in [2.45, 2.75) is 70.0 Å². The first-order chi connectivity index (χ1) is 13.3. The summed E-state index contributed by atoms with van der Waals surface area (Å²) in [5, 5.41) is 32.7. The Labute approximate surface area is 166 Å². The van der Waals surface area contributed by atoms with Crippen molar-refractivity contribution in [3.8, 4) is 0 Å². The maximum atomic E-state index is 12.1. The van der Waals surface area contributed by atoms with Crippen LogP contribution in [0.5, 0.6) is 0 Å². The van der Waals surface area contributed by atoms with Gasteiger partial charge in [-0.25, -0.2) is 4.79 Å². The third-order valence-electron chi connectivity index (χ3n) is 9.41. The first-order valence-electron chi connectivity index (χ1n) is 10.9. The molecule has 5 heteroatoms. The number of aliphatic hydroxyl groups excluding tert-OH is 2. The van der Waals surface area contributed by atoms with Crippen LogP contribution in [0.1, 0.15) is 58.3 Å². The molecular formula is C23H32O5. The van der Waals surface area contributed by atoms with E-state index < -0.39 is 5.60 Å². The first-order valence-corrected chi connectivity index (χ1v) is 10.9. The van der Waals surface area contributed by atoms with Crippen molar-refractivity contribution in [3.63, 3.8) is 0 Å². The highest BCUT2D eigenvalue weighted by Gasteiger charge is 2.67. The molecule has 0 radical (unpaired) electrons. The van der Waals surface area contributed by atoms with Gasteiger partial charge in [-0.2, -0.15) is 0 Å². The normalized spacial score (nSPS) is 50.2. The lowest BCUT2D eigenvalue weighted by Crippen LogP contribution is -2.61. The summed E-state index contributed by atoms with van der Waals surface area (Å²) in [6, 6.07) is 0. The molecule has 5 aliphatic rings. The zero-order valence-electron chi connectivity index (χ0n) is 16.7. The monoisotopic (exact) mass is 388 g/mol. The van der Waals surface area contributed by atoms with Gasteiger partial charge in [-0.1, -0.05) is 18.6 Å². The Bertz CT molecular complexity index is 756. The van der Waals surface area contributed by atoms with Crippen molar-refractivity contribution >= 4 is 5.97 Å². The molecule has 3 fully saturated rings. The summed E-state index contributed by atoms with van der Waals surface area (Å²) < 4.78 is 5.18. The van der Waals surface area contributed by atoms with Gasteiger partial charge in [0.15, 0.2) is 0 Å². The van der Waals surface area contributed by atoms with Crippen LogP contribution in [0.2, 0.25) is 0 Å². The second-order valence-electron chi connectivity index (χ2n) is 10.2. The van der Waals surface area contributed by atoms with Crippen LogP contribution in [-0.4, -0.2) is 46.2 Å². The van der Waals surface area contributed by atoms with E-state index in [-0.39, 0.29) is 47.3 Å². The molecule has 1 aliphatic heterocycles. The molecule has 0 aromatic rings. The van der Waals surface area contributed by atoms with Gasteiger partial charge in [0.25, 0.3) is 0 Å². The van der Waals surface area contributed by atoms with Gasteiger partial charge in [-0.05, 0) is 74.7 Å². The zero-order chi connectivity index (χ0) is 19.7. The van der Waals surface area contributed by atoms with Crippen LogP contribution in [0.4, 0.5) is 0 Å². The van der Waals surface area contributed by atoms with Crippen molar-refractivity contribution in [3.05, 3.63) is 23.3 Å². The molecule has 7 atom stereocenters. The Hall–Kier alpha value is -1.17. The Morgan fingerprint density at radius 3 is 2.71 bits per heavy atom. The molecule has 0 aromatic heterocycles. The SMILES string of the molecule is C[C@]12CCC3C(CC=C4C[C@@H](O)CC[C@@]43CO)[C@@]1(O)CCC2C1=CC(=O)OC1. The van der Waals surface area contributed by atoms with E-state index >= 15 is 0 Å². The smallest absolute Gasteiger partial charge is 0.331 e. The molecule has 3 unspecified atom stereocenters. The van der Waals surface area contributed by atoms with E-state index in [0.29, 0.717) is 13.0 Å². The molecule has 4 aliphatic carbocycles. The summed E-state index contributed by atoms with van der Waals surface area (Å²) in [4.78, 5) is 11.6. The Kier molecular flexibility index (Phi) is 4.15. The lowest BCUT2D eigenvalue weighted by molar-refractivity contribution is -0.183. The van der Waals surface area contributed by atoms with Crippen LogP contribution in [0.3, 0.4) is 0 Å². The molecule has 0 saturated heterocycles. The van der Waals surface area contributed by atoms with Gasteiger partial charge in [0.2, 0.25) is 0 Å². The van der Waals surface area contributed by atoms with Crippen LogP contribution >= 0.6 is 0 Å². The van der Waals surface area contributed by atoms with Gasteiger partial charge >= 0.3 is 5.97 Å². The summed E-state index contributed by atoms with van der Waals surface area (Å²) in [6.07, 6.45) is 10.1. The van der Waals surface area contributed by atoms with Gasteiger partial charge in [-0.15, -0.1) is 0 Å². The van der Waals surface area contributed by atoms with Crippen molar-refractivity contribution in [2.75, 3.05) is 13.2 Å². The van der Waals surface area contributed by atoms with E-state index in [0.717, 1.165) is 50.5 Å². The van der Waals surface area contributed by atoms with Crippen LogP contribution < -0.4 is 0 Å². The van der Waals surface area contributed by atoms with Crippen LogP contribution in [0.25, 0.3) is 0 Å². The summed E-state index contributed by atoms with van der Waals surface area (Å²) >= 11 is 0. The molecule has 1 heterocycles. The Balaban J connectivity index is 1.52. The standard InChI is InChI=1S/C23H32O5/c1-21-7-5-18-19(3-2-15-11-16(25)4-8-22(15,18)13-24)23(21,27)9-6-17(21)14-10-20(26)28-12-14/h2,10,16-19,24-25,27H,3-9,11-13H2,1H3/t16-,17?,18?,19?,21+,22+,23-/m0/s1. The van der Waals surface area contributed by atoms with Gasteiger partial charge in [0.05, 0.1) is 18.3 Å².